The predicted octanol–water partition coefficient (Wildman–Crippen LogP) is 2.45. The maximum Gasteiger partial charge on any atom is 0.355 e. The number of oxazole rings is 1. The summed E-state index contributed by atoms with van der Waals surface area (Å²) in [4.78, 5) is 44.0. The van der Waals surface area contributed by atoms with Crippen molar-refractivity contribution in [1.29, 1.82) is 0 Å². The molecule has 0 saturated carbocycles. The van der Waals surface area contributed by atoms with E-state index >= 15 is 0 Å². The van der Waals surface area contributed by atoms with E-state index in [2.05, 4.69) is 10.3 Å². The number of esters is 1. The van der Waals surface area contributed by atoms with Crippen molar-refractivity contribution >= 4 is 17.8 Å². The highest BCUT2D eigenvalue weighted by atomic mass is 16.5. The molecule has 206 valence electrons. The van der Waals surface area contributed by atoms with E-state index in [4.69, 9.17) is 9.15 Å². The molecule has 0 aromatic carbocycles. The first-order valence-electron chi connectivity index (χ1n) is 12.9. The van der Waals surface area contributed by atoms with Crippen LogP contribution in [0.3, 0.4) is 0 Å². The Morgan fingerprint density at radius 1 is 1.18 bits per heavy atom. The SMILES string of the molecule is CC1=C[C@@H](O)C[C@H](O)Cc2nc(co2)C(=O)N2CCC=C2C(=O)OC(C(C)C)[C@H](C)/C=C/C(=O)NCC=C1. The van der Waals surface area contributed by atoms with Gasteiger partial charge in [0.15, 0.2) is 11.6 Å². The average Bonchev–Trinajstić information content (AvgIpc) is 3.52. The number of hydrogen-bond donors (Lipinski definition) is 3. The van der Waals surface area contributed by atoms with Crippen LogP contribution in [0.5, 0.6) is 0 Å². The second-order valence-electron chi connectivity index (χ2n) is 10.0. The molecule has 10 heteroatoms. The molecule has 2 amide bonds. The first-order valence-corrected chi connectivity index (χ1v) is 12.9. The number of nitrogens with zero attached hydrogens (tertiary/aromatic N) is 2. The number of rotatable bonds is 1. The number of hydrogen-bond acceptors (Lipinski definition) is 8. The van der Waals surface area contributed by atoms with E-state index in [1.807, 2.05) is 20.8 Å². The fourth-order valence-electron chi connectivity index (χ4n) is 4.44. The van der Waals surface area contributed by atoms with Crippen LogP contribution in [0.1, 0.15) is 56.9 Å². The summed E-state index contributed by atoms with van der Waals surface area (Å²) >= 11 is 0. The van der Waals surface area contributed by atoms with E-state index in [1.54, 1.807) is 37.3 Å². The standard InChI is InChI=1S/C28H37N3O7/c1-17(2)26-19(4)9-10-24(34)29-11-5-7-18(3)13-20(32)14-21(33)15-25-30-22(16-37-25)27(35)31-12-6-8-23(31)28(36)38-26/h5,7-10,13,16-17,19-21,26,32-33H,6,11-12,14-15H2,1-4H3,(H,29,34)/b7-5?,10-9+,18-13?/t19-,20-,21+,26?/m1/s1. The van der Waals surface area contributed by atoms with Crippen LogP contribution in [0.15, 0.2) is 58.4 Å². The van der Waals surface area contributed by atoms with E-state index < -0.39 is 30.2 Å². The van der Waals surface area contributed by atoms with Crippen LogP contribution < -0.4 is 5.32 Å². The minimum absolute atomic E-state index is 0.00476. The van der Waals surface area contributed by atoms with Gasteiger partial charge >= 0.3 is 5.97 Å². The van der Waals surface area contributed by atoms with Crippen LogP contribution in [0.4, 0.5) is 0 Å². The van der Waals surface area contributed by atoms with E-state index in [1.165, 1.54) is 17.2 Å². The fraction of sp³-hybridized carbons (Fsp3) is 0.500. The van der Waals surface area contributed by atoms with Crippen molar-refractivity contribution in [3.8, 4) is 0 Å². The number of carbonyl (C=O) groups is 3. The van der Waals surface area contributed by atoms with Gasteiger partial charge in [-0.3, -0.25) is 9.59 Å². The number of aromatic nitrogens is 1. The molecule has 1 aromatic rings. The Hall–Kier alpha value is -3.50. The topological polar surface area (TPSA) is 142 Å². The highest BCUT2D eigenvalue weighted by Gasteiger charge is 2.33. The van der Waals surface area contributed by atoms with E-state index in [-0.39, 0.29) is 54.4 Å². The summed E-state index contributed by atoms with van der Waals surface area (Å²) in [5.41, 5.74) is 0.909. The van der Waals surface area contributed by atoms with Crippen LogP contribution in [-0.4, -0.2) is 69.3 Å². The predicted molar refractivity (Wildman–Crippen MR) is 140 cm³/mol. The number of fused-ring (bicyclic) bond motifs is 3. The third kappa shape index (κ3) is 8.00. The van der Waals surface area contributed by atoms with Crippen LogP contribution in [0, 0.1) is 11.8 Å². The minimum atomic E-state index is -0.959. The maximum absolute atomic E-state index is 13.1. The zero-order valence-electron chi connectivity index (χ0n) is 22.3. The van der Waals surface area contributed by atoms with Gasteiger partial charge in [-0.15, -0.1) is 0 Å². The normalized spacial score (nSPS) is 27.3. The summed E-state index contributed by atoms with van der Waals surface area (Å²) in [6.45, 7) is 8.08. The lowest BCUT2D eigenvalue weighted by Gasteiger charge is -2.27. The van der Waals surface area contributed by atoms with Crippen molar-refractivity contribution in [2.24, 2.45) is 11.8 Å². The second kappa shape index (κ2) is 13.3. The Balaban J connectivity index is 1.86. The summed E-state index contributed by atoms with van der Waals surface area (Å²) in [6.07, 6.45) is 9.22. The quantitative estimate of drug-likeness (QED) is 0.473. The molecule has 4 atom stereocenters. The number of aliphatic hydroxyl groups excluding tert-OH is 2. The molecule has 3 rings (SSSR count). The van der Waals surface area contributed by atoms with Crippen LogP contribution >= 0.6 is 0 Å². The summed E-state index contributed by atoms with van der Waals surface area (Å²) in [6, 6.07) is 0. The number of nitrogens with one attached hydrogen (secondary N) is 1. The third-order valence-electron chi connectivity index (χ3n) is 6.33. The Kier molecular flexibility index (Phi) is 10.2. The minimum Gasteiger partial charge on any atom is -0.457 e. The van der Waals surface area contributed by atoms with Crippen molar-refractivity contribution < 1.29 is 33.8 Å². The van der Waals surface area contributed by atoms with Crippen molar-refractivity contribution in [2.75, 3.05) is 13.1 Å². The molecule has 0 aliphatic carbocycles. The van der Waals surface area contributed by atoms with Crippen molar-refractivity contribution in [2.45, 2.75) is 65.3 Å². The molecule has 38 heavy (non-hydrogen) atoms. The van der Waals surface area contributed by atoms with Gasteiger partial charge in [0.1, 0.15) is 18.1 Å². The smallest absolute Gasteiger partial charge is 0.355 e. The Bertz CT molecular complexity index is 1130. The van der Waals surface area contributed by atoms with Gasteiger partial charge in [-0.25, -0.2) is 9.78 Å². The number of aliphatic hydroxyl groups is 2. The van der Waals surface area contributed by atoms with Crippen LogP contribution in [0.25, 0.3) is 0 Å². The summed E-state index contributed by atoms with van der Waals surface area (Å²) < 4.78 is 11.2. The molecule has 3 N–H and O–H groups in total. The molecule has 0 saturated heterocycles. The maximum atomic E-state index is 13.1. The molecular formula is C28H37N3O7. The first kappa shape index (κ1) is 29.1. The van der Waals surface area contributed by atoms with Crippen LogP contribution in [0.2, 0.25) is 0 Å². The van der Waals surface area contributed by atoms with Crippen molar-refractivity contribution in [3.05, 3.63) is 65.6 Å². The van der Waals surface area contributed by atoms with Crippen molar-refractivity contribution in [1.82, 2.24) is 15.2 Å². The lowest BCUT2D eigenvalue weighted by molar-refractivity contribution is -0.149. The Morgan fingerprint density at radius 2 is 1.95 bits per heavy atom. The van der Waals surface area contributed by atoms with Gasteiger partial charge in [0, 0.05) is 25.4 Å². The molecule has 3 heterocycles. The van der Waals surface area contributed by atoms with E-state index in [0.717, 1.165) is 5.57 Å². The van der Waals surface area contributed by atoms with Gasteiger partial charge in [0.25, 0.3) is 5.91 Å². The monoisotopic (exact) mass is 527 g/mol. The molecule has 0 radical (unpaired) electrons. The zero-order chi connectivity index (χ0) is 27.8. The lowest BCUT2D eigenvalue weighted by Crippen LogP contribution is -2.36. The lowest BCUT2D eigenvalue weighted by atomic mass is 9.94. The van der Waals surface area contributed by atoms with Crippen molar-refractivity contribution in [3.63, 3.8) is 0 Å². The first-order chi connectivity index (χ1) is 18.0. The molecule has 2 aliphatic heterocycles. The largest absolute Gasteiger partial charge is 0.457 e. The Labute approximate surface area is 222 Å². The summed E-state index contributed by atoms with van der Waals surface area (Å²) in [5, 5.41) is 23.5. The molecule has 0 spiro atoms. The van der Waals surface area contributed by atoms with Gasteiger partial charge in [0.2, 0.25) is 5.91 Å². The van der Waals surface area contributed by atoms with Gasteiger partial charge in [-0.2, -0.15) is 0 Å². The highest BCUT2D eigenvalue weighted by Crippen LogP contribution is 2.24. The number of cyclic esters (lactones) is 1. The van der Waals surface area contributed by atoms with Gasteiger partial charge in [0.05, 0.1) is 18.6 Å². The molecule has 1 aromatic heterocycles. The molecule has 2 bridgehead atoms. The number of amides is 2. The zero-order valence-corrected chi connectivity index (χ0v) is 22.3. The molecule has 2 aliphatic rings. The number of allylic oxidation sites excluding steroid dienone is 2. The molecule has 0 fully saturated rings. The summed E-state index contributed by atoms with van der Waals surface area (Å²) in [5.74, 6) is -1.58. The number of ether oxygens (including phenoxy) is 1. The third-order valence-corrected chi connectivity index (χ3v) is 6.33. The van der Waals surface area contributed by atoms with E-state index in [0.29, 0.717) is 13.0 Å². The Morgan fingerprint density at radius 3 is 2.68 bits per heavy atom. The fourth-order valence-corrected chi connectivity index (χ4v) is 4.44. The van der Waals surface area contributed by atoms with Gasteiger partial charge in [-0.05, 0) is 25.3 Å². The molecule has 1 unspecified atom stereocenters. The molecule has 10 nitrogen and oxygen atoms in total. The molecular weight excluding hydrogens is 490 g/mol. The number of carbonyl (C=O) groups excluding carboxylic acids is 3. The average molecular weight is 528 g/mol. The summed E-state index contributed by atoms with van der Waals surface area (Å²) in [7, 11) is 0. The van der Waals surface area contributed by atoms with Crippen LogP contribution in [-0.2, 0) is 20.7 Å². The second-order valence-corrected chi connectivity index (χ2v) is 10.0. The van der Waals surface area contributed by atoms with Gasteiger partial charge < -0.3 is 29.6 Å². The van der Waals surface area contributed by atoms with E-state index in [9.17, 15) is 24.6 Å². The van der Waals surface area contributed by atoms with Gasteiger partial charge in [-0.1, -0.05) is 56.7 Å². The highest BCUT2D eigenvalue weighted by molar-refractivity contribution is 6.00.